The van der Waals surface area contributed by atoms with Crippen molar-refractivity contribution in [3.8, 4) is 0 Å². The molecule has 0 aliphatic heterocycles. The first kappa shape index (κ1) is 16.3. The second-order valence-corrected chi connectivity index (χ2v) is 6.61. The van der Waals surface area contributed by atoms with E-state index >= 15 is 0 Å². The van der Waals surface area contributed by atoms with Crippen molar-refractivity contribution >= 4 is 23.2 Å². The van der Waals surface area contributed by atoms with Gasteiger partial charge in [-0.15, -0.1) is 0 Å². The van der Waals surface area contributed by atoms with Gasteiger partial charge in [-0.25, -0.2) is 0 Å². The lowest BCUT2D eigenvalue weighted by atomic mass is 9.81. The lowest BCUT2D eigenvalue weighted by Crippen LogP contribution is -2.33. The van der Waals surface area contributed by atoms with Crippen LogP contribution in [0.1, 0.15) is 31.4 Å². The van der Waals surface area contributed by atoms with Gasteiger partial charge in [-0.1, -0.05) is 47.5 Å². The second-order valence-electron chi connectivity index (χ2n) is 5.74. The zero-order valence-electron chi connectivity index (χ0n) is 12.0. The minimum atomic E-state index is -1.17. The molecule has 2 atom stereocenters. The largest absolute Gasteiger partial charge is 0.385 e. The molecule has 0 unspecified atom stereocenters. The average molecular weight is 325 g/mol. The van der Waals surface area contributed by atoms with Crippen LogP contribution in [0.4, 0.5) is 0 Å². The van der Waals surface area contributed by atoms with Gasteiger partial charge >= 0.3 is 0 Å². The molecule has 21 heavy (non-hydrogen) atoms. The molecule has 2 aromatic carbocycles. The topological polar surface area (TPSA) is 40.5 Å². The number of hydrogen-bond acceptors (Lipinski definition) is 2. The van der Waals surface area contributed by atoms with Crippen LogP contribution in [0.25, 0.3) is 0 Å². The Kier molecular flexibility index (Phi) is 4.64. The summed E-state index contributed by atoms with van der Waals surface area (Å²) in [6.45, 7) is 3.36. The van der Waals surface area contributed by atoms with Gasteiger partial charge in [0.1, 0.15) is 0 Å². The standard InChI is InChI=1S/C17H18Cl2O2/c1-16(20,12-3-7-14(18)8-4-12)11-17(2,21)13-5-9-15(19)10-6-13/h3-10,20-21H,11H2,1-2H3/t16-,17-/m0/s1. The van der Waals surface area contributed by atoms with Crippen LogP contribution in [0.2, 0.25) is 10.0 Å². The van der Waals surface area contributed by atoms with Gasteiger partial charge < -0.3 is 10.2 Å². The summed E-state index contributed by atoms with van der Waals surface area (Å²) >= 11 is 11.7. The number of benzene rings is 2. The molecule has 0 aromatic heterocycles. The van der Waals surface area contributed by atoms with Gasteiger partial charge in [0.25, 0.3) is 0 Å². The van der Waals surface area contributed by atoms with Gasteiger partial charge in [0, 0.05) is 16.5 Å². The summed E-state index contributed by atoms with van der Waals surface area (Å²) < 4.78 is 0. The Bertz CT molecular complexity index is 546. The van der Waals surface area contributed by atoms with E-state index in [4.69, 9.17) is 23.2 Å². The van der Waals surface area contributed by atoms with Crippen LogP contribution in [0, 0.1) is 0 Å². The van der Waals surface area contributed by atoms with Gasteiger partial charge in [-0.05, 0) is 49.2 Å². The molecule has 0 saturated heterocycles. The van der Waals surface area contributed by atoms with Crippen molar-refractivity contribution < 1.29 is 10.2 Å². The molecule has 0 spiro atoms. The zero-order chi connectivity index (χ0) is 15.7. The Hall–Kier alpha value is -1.06. The van der Waals surface area contributed by atoms with Crippen molar-refractivity contribution in [2.24, 2.45) is 0 Å². The van der Waals surface area contributed by atoms with E-state index in [1.54, 1.807) is 62.4 Å². The maximum absolute atomic E-state index is 10.7. The normalized spacial score (nSPS) is 17.0. The van der Waals surface area contributed by atoms with E-state index in [1.807, 2.05) is 0 Å². The van der Waals surface area contributed by atoms with Gasteiger partial charge in [-0.3, -0.25) is 0 Å². The Labute approximate surface area is 135 Å². The highest BCUT2D eigenvalue weighted by atomic mass is 35.5. The van der Waals surface area contributed by atoms with Crippen LogP contribution in [-0.2, 0) is 11.2 Å². The molecule has 0 bridgehead atoms. The van der Waals surface area contributed by atoms with Crippen LogP contribution < -0.4 is 0 Å². The van der Waals surface area contributed by atoms with E-state index in [-0.39, 0.29) is 6.42 Å². The third-order valence-corrected chi connectivity index (χ3v) is 4.12. The molecule has 2 N–H and O–H groups in total. The summed E-state index contributed by atoms with van der Waals surface area (Å²) in [5.74, 6) is 0. The third kappa shape index (κ3) is 3.98. The smallest absolute Gasteiger partial charge is 0.0899 e. The molecule has 2 rings (SSSR count). The lowest BCUT2D eigenvalue weighted by Gasteiger charge is -2.33. The van der Waals surface area contributed by atoms with Gasteiger partial charge in [-0.2, -0.15) is 0 Å². The molecule has 0 aliphatic rings. The van der Waals surface area contributed by atoms with E-state index < -0.39 is 11.2 Å². The molecule has 2 aromatic rings. The van der Waals surface area contributed by atoms with E-state index in [0.717, 1.165) is 0 Å². The fourth-order valence-corrected chi connectivity index (χ4v) is 2.74. The van der Waals surface area contributed by atoms with Crippen molar-refractivity contribution in [1.82, 2.24) is 0 Å². The maximum atomic E-state index is 10.7. The van der Waals surface area contributed by atoms with Crippen molar-refractivity contribution in [2.45, 2.75) is 31.5 Å². The summed E-state index contributed by atoms with van der Waals surface area (Å²) in [4.78, 5) is 0. The quantitative estimate of drug-likeness (QED) is 0.869. The molecule has 112 valence electrons. The van der Waals surface area contributed by atoms with Crippen LogP contribution in [0.3, 0.4) is 0 Å². The highest BCUT2D eigenvalue weighted by Crippen LogP contribution is 2.36. The van der Waals surface area contributed by atoms with Crippen molar-refractivity contribution in [2.75, 3.05) is 0 Å². The van der Waals surface area contributed by atoms with Gasteiger partial charge in [0.2, 0.25) is 0 Å². The number of hydrogen-bond donors (Lipinski definition) is 2. The Morgan fingerprint density at radius 2 is 1.00 bits per heavy atom. The highest BCUT2D eigenvalue weighted by Gasteiger charge is 2.34. The van der Waals surface area contributed by atoms with E-state index in [0.29, 0.717) is 21.2 Å². The maximum Gasteiger partial charge on any atom is 0.0899 e. The molecule has 0 saturated carbocycles. The van der Waals surface area contributed by atoms with Crippen molar-refractivity contribution in [3.05, 3.63) is 69.7 Å². The summed E-state index contributed by atoms with van der Waals surface area (Å²) in [6.07, 6.45) is 0.156. The minimum Gasteiger partial charge on any atom is -0.385 e. The first-order valence-corrected chi connectivity index (χ1v) is 7.43. The van der Waals surface area contributed by atoms with Crippen LogP contribution in [0.5, 0.6) is 0 Å². The minimum absolute atomic E-state index is 0.156. The molecule has 0 aliphatic carbocycles. The first-order chi connectivity index (χ1) is 9.71. The molecule has 0 radical (unpaired) electrons. The fraction of sp³-hybridized carbons (Fsp3) is 0.294. The molecule has 0 fully saturated rings. The number of aliphatic hydroxyl groups is 2. The van der Waals surface area contributed by atoms with Gasteiger partial charge in [0.15, 0.2) is 0 Å². The second kappa shape index (κ2) is 5.98. The van der Waals surface area contributed by atoms with Crippen molar-refractivity contribution in [1.29, 1.82) is 0 Å². The monoisotopic (exact) mass is 324 g/mol. The molecular weight excluding hydrogens is 307 g/mol. The average Bonchev–Trinajstić information content (AvgIpc) is 2.38. The van der Waals surface area contributed by atoms with Crippen LogP contribution in [0.15, 0.2) is 48.5 Å². The van der Waals surface area contributed by atoms with Crippen molar-refractivity contribution in [3.63, 3.8) is 0 Å². The summed E-state index contributed by atoms with van der Waals surface area (Å²) in [5.41, 5.74) is -0.927. The Balaban J connectivity index is 2.25. The Morgan fingerprint density at radius 1 is 0.714 bits per heavy atom. The van der Waals surface area contributed by atoms with Crippen LogP contribution >= 0.6 is 23.2 Å². The predicted octanol–water partition coefficient (Wildman–Crippen LogP) is 4.50. The zero-order valence-corrected chi connectivity index (χ0v) is 13.5. The highest BCUT2D eigenvalue weighted by molar-refractivity contribution is 6.30. The third-order valence-electron chi connectivity index (χ3n) is 3.62. The summed E-state index contributed by atoms with van der Waals surface area (Å²) in [7, 11) is 0. The number of halogens is 2. The SMILES string of the molecule is C[C@](O)(C[C@](C)(O)c1ccc(Cl)cc1)c1ccc(Cl)cc1. The van der Waals surface area contributed by atoms with E-state index in [2.05, 4.69) is 0 Å². The molecule has 4 heteroatoms. The van der Waals surface area contributed by atoms with E-state index in [1.165, 1.54) is 0 Å². The van der Waals surface area contributed by atoms with Gasteiger partial charge in [0.05, 0.1) is 11.2 Å². The molecule has 0 heterocycles. The van der Waals surface area contributed by atoms with E-state index in [9.17, 15) is 10.2 Å². The summed E-state index contributed by atoms with van der Waals surface area (Å²) in [5, 5.41) is 22.6. The fourth-order valence-electron chi connectivity index (χ4n) is 2.49. The first-order valence-electron chi connectivity index (χ1n) is 6.68. The molecule has 0 amide bonds. The summed E-state index contributed by atoms with van der Waals surface area (Å²) in [6, 6.07) is 14.0. The number of rotatable bonds is 4. The molecular formula is C17H18Cl2O2. The Morgan fingerprint density at radius 3 is 1.29 bits per heavy atom. The molecule has 2 nitrogen and oxygen atoms in total. The van der Waals surface area contributed by atoms with Crippen LogP contribution in [-0.4, -0.2) is 10.2 Å². The predicted molar refractivity (Wildman–Crippen MR) is 86.7 cm³/mol. The lowest BCUT2D eigenvalue weighted by molar-refractivity contribution is -0.0525.